The van der Waals surface area contributed by atoms with Crippen LogP contribution in [0.5, 0.6) is 11.6 Å². The molecule has 1 aromatic carbocycles. The molecule has 0 bridgehead atoms. The normalized spacial score (nSPS) is 10.4. The number of nitrogens with zero attached hydrogens (tertiary/aromatic N) is 1. The SMILES string of the molecule is CCCOc1ccc(CNCc2ccc(OC)nc2)cc1. The van der Waals surface area contributed by atoms with Gasteiger partial charge in [0.1, 0.15) is 5.75 Å². The zero-order valence-electron chi connectivity index (χ0n) is 12.6. The van der Waals surface area contributed by atoms with E-state index in [1.807, 2.05) is 30.5 Å². The van der Waals surface area contributed by atoms with Crippen LogP contribution in [0.1, 0.15) is 24.5 Å². The lowest BCUT2D eigenvalue weighted by atomic mass is 10.2. The van der Waals surface area contributed by atoms with E-state index in [0.717, 1.165) is 37.4 Å². The standard InChI is InChI=1S/C17H22N2O2/c1-3-10-21-16-7-4-14(5-8-16)11-18-12-15-6-9-17(20-2)19-13-15/h4-9,13,18H,3,10-12H2,1-2H3. The third kappa shape index (κ3) is 5.08. The summed E-state index contributed by atoms with van der Waals surface area (Å²) in [6.45, 7) is 4.47. The van der Waals surface area contributed by atoms with Crippen LogP contribution in [0, 0.1) is 0 Å². The smallest absolute Gasteiger partial charge is 0.212 e. The van der Waals surface area contributed by atoms with E-state index in [4.69, 9.17) is 9.47 Å². The molecule has 0 aliphatic rings. The average molecular weight is 286 g/mol. The number of aromatic nitrogens is 1. The molecule has 2 rings (SSSR count). The molecule has 0 fully saturated rings. The molecule has 0 atom stereocenters. The lowest BCUT2D eigenvalue weighted by molar-refractivity contribution is 0.317. The van der Waals surface area contributed by atoms with Gasteiger partial charge >= 0.3 is 0 Å². The van der Waals surface area contributed by atoms with E-state index in [2.05, 4.69) is 29.4 Å². The van der Waals surface area contributed by atoms with Gasteiger partial charge in [-0.3, -0.25) is 0 Å². The fourth-order valence-corrected chi connectivity index (χ4v) is 1.91. The molecular formula is C17H22N2O2. The number of hydrogen-bond donors (Lipinski definition) is 1. The molecule has 0 aliphatic carbocycles. The highest BCUT2D eigenvalue weighted by atomic mass is 16.5. The van der Waals surface area contributed by atoms with Crippen molar-refractivity contribution < 1.29 is 9.47 Å². The number of methoxy groups -OCH3 is 1. The number of benzene rings is 1. The maximum Gasteiger partial charge on any atom is 0.212 e. The van der Waals surface area contributed by atoms with E-state index in [1.54, 1.807) is 7.11 Å². The fourth-order valence-electron chi connectivity index (χ4n) is 1.91. The first-order valence-corrected chi connectivity index (χ1v) is 7.23. The molecule has 0 aliphatic heterocycles. The van der Waals surface area contributed by atoms with Gasteiger partial charge in [0, 0.05) is 25.4 Å². The van der Waals surface area contributed by atoms with Gasteiger partial charge < -0.3 is 14.8 Å². The van der Waals surface area contributed by atoms with Crippen molar-refractivity contribution in [2.24, 2.45) is 0 Å². The summed E-state index contributed by atoms with van der Waals surface area (Å²) in [5, 5.41) is 3.40. The molecule has 0 saturated heterocycles. The highest BCUT2D eigenvalue weighted by Gasteiger charge is 1.98. The minimum absolute atomic E-state index is 0.640. The Balaban J connectivity index is 1.77. The van der Waals surface area contributed by atoms with E-state index in [1.165, 1.54) is 5.56 Å². The number of ether oxygens (including phenoxy) is 2. The van der Waals surface area contributed by atoms with Crippen molar-refractivity contribution in [2.45, 2.75) is 26.4 Å². The molecule has 1 aromatic heterocycles. The van der Waals surface area contributed by atoms with E-state index in [-0.39, 0.29) is 0 Å². The molecule has 1 heterocycles. The average Bonchev–Trinajstić information content (AvgIpc) is 2.55. The van der Waals surface area contributed by atoms with Crippen molar-refractivity contribution in [1.82, 2.24) is 10.3 Å². The largest absolute Gasteiger partial charge is 0.494 e. The third-order valence-electron chi connectivity index (χ3n) is 3.06. The topological polar surface area (TPSA) is 43.4 Å². The summed E-state index contributed by atoms with van der Waals surface area (Å²) in [5.74, 6) is 1.57. The van der Waals surface area contributed by atoms with Crippen LogP contribution in [0.4, 0.5) is 0 Å². The predicted molar refractivity (Wildman–Crippen MR) is 83.6 cm³/mol. The predicted octanol–water partition coefficient (Wildman–Crippen LogP) is 3.17. The summed E-state index contributed by atoms with van der Waals surface area (Å²) in [7, 11) is 1.62. The third-order valence-corrected chi connectivity index (χ3v) is 3.06. The molecule has 112 valence electrons. The molecular weight excluding hydrogens is 264 g/mol. The van der Waals surface area contributed by atoms with Crippen molar-refractivity contribution in [1.29, 1.82) is 0 Å². The lowest BCUT2D eigenvalue weighted by Crippen LogP contribution is -2.12. The van der Waals surface area contributed by atoms with Crippen LogP contribution in [-0.2, 0) is 13.1 Å². The van der Waals surface area contributed by atoms with Gasteiger partial charge in [-0.05, 0) is 29.7 Å². The first-order chi connectivity index (χ1) is 10.3. The highest BCUT2D eigenvalue weighted by molar-refractivity contribution is 5.27. The van der Waals surface area contributed by atoms with Crippen LogP contribution in [0.25, 0.3) is 0 Å². The number of nitrogens with one attached hydrogen (secondary N) is 1. The van der Waals surface area contributed by atoms with Gasteiger partial charge in [-0.1, -0.05) is 25.1 Å². The number of pyridine rings is 1. The Labute approximate surface area is 126 Å². The van der Waals surface area contributed by atoms with E-state index < -0.39 is 0 Å². The summed E-state index contributed by atoms with van der Waals surface area (Å²) in [6.07, 6.45) is 2.85. The molecule has 0 amide bonds. The molecule has 1 N–H and O–H groups in total. The van der Waals surface area contributed by atoms with Crippen LogP contribution < -0.4 is 14.8 Å². The van der Waals surface area contributed by atoms with E-state index >= 15 is 0 Å². The van der Waals surface area contributed by atoms with Gasteiger partial charge in [0.2, 0.25) is 5.88 Å². The Morgan fingerprint density at radius 2 is 1.71 bits per heavy atom. The Morgan fingerprint density at radius 3 is 2.33 bits per heavy atom. The van der Waals surface area contributed by atoms with Crippen molar-refractivity contribution in [3.63, 3.8) is 0 Å². The summed E-state index contributed by atoms with van der Waals surface area (Å²) in [4.78, 5) is 4.18. The maximum absolute atomic E-state index is 5.57. The van der Waals surface area contributed by atoms with Crippen LogP contribution in [0.3, 0.4) is 0 Å². The molecule has 4 heteroatoms. The first kappa shape index (κ1) is 15.3. The molecule has 0 saturated carbocycles. The molecule has 0 spiro atoms. The monoisotopic (exact) mass is 286 g/mol. The molecule has 2 aromatic rings. The zero-order chi connectivity index (χ0) is 14.9. The van der Waals surface area contributed by atoms with Crippen LogP contribution >= 0.6 is 0 Å². The molecule has 0 unspecified atom stereocenters. The van der Waals surface area contributed by atoms with Crippen molar-refractivity contribution >= 4 is 0 Å². The van der Waals surface area contributed by atoms with E-state index in [0.29, 0.717) is 5.88 Å². The Kier molecular flexibility index (Phi) is 6.03. The van der Waals surface area contributed by atoms with Gasteiger partial charge in [0.15, 0.2) is 0 Å². The minimum Gasteiger partial charge on any atom is -0.494 e. The van der Waals surface area contributed by atoms with Gasteiger partial charge in [0.05, 0.1) is 13.7 Å². The van der Waals surface area contributed by atoms with Crippen molar-refractivity contribution in [3.05, 3.63) is 53.7 Å². The second kappa shape index (κ2) is 8.27. The Morgan fingerprint density at radius 1 is 1.00 bits per heavy atom. The Hall–Kier alpha value is -2.07. The van der Waals surface area contributed by atoms with Crippen LogP contribution in [0.2, 0.25) is 0 Å². The van der Waals surface area contributed by atoms with Crippen LogP contribution in [0.15, 0.2) is 42.6 Å². The van der Waals surface area contributed by atoms with Gasteiger partial charge in [-0.2, -0.15) is 0 Å². The number of hydrogen-bond acceptors (Lipinski definition) is 4. The highest BCUT2D eigenvalue weighted by Crippen LogP contribution is 2.12. The van der Waals surface area contributed by atoms with Crippen molar-refractivity contribution in [3.8, 4) is 11.6 Å². The second-order valence-corrected chi connectivity index (χ2v) is 4.80. The van der Waals surface area contributed by atoms with Crippen LogP contribution in [-0.4, -0.2) is 18.7 Å². The van der Waals surface area contributed by atoms with Gasteiger partial charge in [-0.25, -0.2) is 4.98 Å². The molecule has 4 nitrogen and oxygen atoms in total. The summed E-state index contributed by atoms with van der Waals surface area (Å²) in [5.41, 5.74) is 2.37. The summed E-state index contributed by atoms with van der Waals surface area (Å²) < 4.78 is 10.6. The van der Waals surface area contributed by atoms with Crippen molar-refractivity contribution in [2.75, 3.05) is 13.7 Å². The molecule has 21 heavy (non-hydrogen) atoms. The van der Waals surface area contributed by atoms with Gasteiger partial charge in [-0.15, -0.1) is 0 Å². The van der Waals surface area contributed by atoms with Gasteiger partial charge in [0.25, 0.3) is 0 Å². The minimum atomic E-state index is 0.640. The number of rotatable bonds is 8. The quantitative estimate of drug-likeness (QED) is 0.809. The zero-order valence-corrected chi connectivity index (χ0v) is 12.6. The summed E-state index contributed by atoms with van der Waals surface area (Å²) in [6, 6.07) is 12.1. The fraction of sp³-hybridized carbons (Fsp3) is 0.353. The lowest BCUT2D eigenvalue weighted by Gasteiger charge is -2.08. The maximum atomic E-state index is 5.57. The second-order valence-electron chi connectivity index (χ2n) is 4.80. The Bertz CT molecular complexity index is 523. The first-order valence-electron chi connectivity index (χ1n) is 7.23. The summed E-state index contributed by atoms with van der Waals surface area (Å²) >= 11 is 0. The van der Waals surface area contributed by atoms with E-state index in [9.17, 15) is 0 Å². The molecule has 0 radical (unpaired) electrons.